The van der Waals surface area contributed by atoms with E-state index in [0.29, 0.717) is 31.1 Å². The van der Waals surface area contributed by atoms with Crippen molar-refractivity contribution in [2.45, 2.75) is 19.4 Å². The van der Waals surface area contributed by atoms with E-state index in [9.17, 15) is 4.79 Å². The Labute approximate surface area is 148 Å². The minimum absolute atomic E-state index is 0.114. The molecule has 0 aliphatic carbocycles. The number of carbonyl (C=O) groups is 1. The standard InChI is InChI=1S/C21H23NO3/c1-15(2)14-25-19-10-6-5-9-18(19)21(23)22-13-20-17-8-4-3-7-16(17)11-12-24-20/h3-10,20H,1,11-14H2,2H3,(H,22,23). The molecule has 0 fully saturated rings. The average Bonchev–Trinajstić information content (AvgIpc) is 2.64. The lowest BCUT2D eigenvalue weighted by Gasteiger charge is -2.26. The van der Waals surface area contributed by atoms with Gasteiger partial charge in [-0.1, -0.05) is 43.0 Å². The Hall–Kier alpha value is -2.59. The molecule has 0 aromatic heterocycles. The van der Waals surface area contributed by atoms with Gasteiger partial charge < -0.3 is 14.8 Å². The minimum Gasteiger partial charge on any atom is -0.488 e. The fraction of sp³-hybridized carbons (Fsp3) is 0.286. The number of benzene rings is 2. The molecule has 0 spiro atoms. The van der Waals surface area contributed by atoms with Crippen LogP contribution < -0.4 is 10.1 Å². The Morgan fingerprint density at radius 2 is 2.00 bits per heavy atom. The Morgan fingerprint density at radius 1 is 1.24 bits per heavy atom. The molecule has 0 bridgehead atoms. The fourth-order valence-corrected chi connectivity index (χ4v) is 2.91. The number of hydrogen-bond donors (Lipinski definition) is 1. The Kier molecular flexibility index (Phi) is 5.51. The van der Waals surface area contributed by atoms with Crippen LogP contribution in [0.4, 0.5) is 0 Å². The van der Waals surface area contributed by atoms with E-state index in [1.54, 1.807) is 12.1 Å². The Morgan fingerprint density at radius 3 is 2.84 bits per heavy atom. The van der Waals surface area contributed by atoms with Crippen molar-refractivity contribution >= 4 is 5.91 Å². The number of fused-ring (bicyclic) bond motifs is 1. The largest absolute Gasteiger partial charge is 0.488 e. The molecule has 1 N–H and O–H groups in total. The van der Waals surface area contributed by atoms with E-state index < -0.39 is 0 Å². The van der Waals surface area contributed by atoms with Crippen LogP contribution in [0.1, 0.15) is 34.5 Å². The summed E-state index contributed by atoms with van der Waals surface area (Å²) >= 11 is 0. The third-order valence-corrected chi connectivity index (χ3v) is 4.15. The summed E-state index contributed by atoms with van der Waals surface area (Å²) in [7, 11) is 0. The van der Waals surface area contributed by atoms with Gasteiger partial charge in [0, 0.05) is 6.54 Å². The predicted molar refractivity (Wildman–Crippen MR) is 97.9 cm³/mol. The average molecular weight is 337 g/mol. The third-order valence-electron chi connectivity index (χ3n) is 4.15. The molecule has 4 heteroatoms. The highest BCUT2D eigenvalue weighted by molar-refractivity contribution is 5.96. The second-order valence-electron chi connectivity index (χ2n) is 6.26. The maximum atomic E-state index is 12.6. The van der Waals surface area contributed by atoms with Gasteiger partial charge >= 0.3 is 0 Å². The van der Waals surface area contributed by atoms with Crippen molar-refractivity contribution in [3.63, 3.8) is 0 Å². The normalized spacial score (nSPS) is 16.0. The first kappa shape index (κ1) is 17.2. The summed E-state index contributed by atoms with van der Waals surface area (Å²) in [5.41, 5.74) is 3.87. The van der Waals surface area contributed by atoms with E-state index in [1.807, 2.05) is 31.2 Å². The molecule has 1 amide bonds. The van der Waals surface area contributed by atoms with Crippen LogP contribution in [0.5, 0.6) is 5.75 Å². The minimum atomic E-state index is -0.163. The molecule has 0 saturated carbocycles. The van der Waals surface area contributed by atoms with Gasteiger partial charge in [0.1, 0.15) is 18.5 Å². The molecule has 1 heterocycles. The zero-order chi connectivity index (χ0) is 17.6. The summed E-state index contributed by atoms with van der Waals surface area (Å²) < 4.78 is 11.5. The third kappa shape index (κ3) is 4.28. The monoisotopic (exact) mass is 337 g/mol. The zero-order valence-electron chi connectivity index (χ0n) is 14.5. The molecule has 1 atom stereocenters. The predicted octanol–water partition coefficient (Wildman–Crippen LogP) is 3.69. The molecule has 0 radical (unpaired) electrons. The van der Waals surface area contributed by atoms with Crippen LogP contribution in [0.3, 0.4) is 0 Å². The zero-order valence-corrected chi connectivity index (χ0v) is 14.5. The van der Waals surface area contributed by atoms with E-state index in [4.69, 9.17) is 9.47 Å². The van der Waals surface area contributed by atoms with Crippen molar-refractivity contribution in [3.8, 4) is 5.75 Å². The topological polar surface area (TPSA) is 47.6 Å². The number of carbonyl (C=O) groups excluding carboxylic acids is 1. The van der Waals surface area contributed by atoms with Crippen LogP contribution in [-0.4, -0.2) is 25.7 Å². The molecule has 2 aromatic rings. The lowest BCUT2D eigenvalue weighted by molar-refractivity contribution is 0.0411. The van der Waals surface area contributed by atoms with Crippen LogP contribution in [0.15, 0.2) is 60.7 Å². The number of rotatable bonds is 6. The molecule has 1 unspecified atom stereocenters. The molecule has 4 nitrogen and oxygen atoms in total. The van der Waals surface area contributed by atoms with Crippen molar-refractivity contribution < 1.29 is 14.3 Å². The van der Waals surface area contributed by atoms with Gasteiger partial charge in [0.15, 0.2) is 0 Å². The van der Waals surface area contributed by atoms with Crippen molar-refractivity contribution in [1.29, 1.82) is 0 Å². The second kappa shape index (κ2) is 7.99. The maximum absolute atomic E-state index is 12.6. The smallest absolute Gasteiger partial charge is 0.255 e. The van der Waals surface area contributed by atoms with Crippen LogP contribution in [-0.2, 0) is 11.2 Å². The van der Waals surface area contributed by atoms with Gasteiger partial charge in [-0.2, -0.15) is 0 Å². The first-order valence-electron chi connectivity index (χ1n) is 8.49. The van der Waals surface area contributed by atoms with Crippen LogP contribution in [0.25, 0.3) is 0 Å². The molecule has 1 aliphatic rings. The van der Waals surface area contributed by atoms with Gasteiger partial charge in [0.2, 0.25) is 0 Å². The van der Waals surface area contributed by atoms with Gasteiger partial charge in [0.05, 0.1) is 12.2 Å². The van der Waals surface area contributed by atoms with Crippen molar-refractivity contribution in [2.75, 3.05) is 19.8 Å². The second-order valence-corrected chi connectivity index (χ2v) is 6.26. The number of para-hydroxylation sites is 1. The number of nitrogens with one attached hydrogen (secondary N) is 1. The van der Waals surface area contributed by atoms with E-state index >= 15 is 0 Å². The SMILES string of the molecule is C=C(C)COc1ccccc1C(=O)NCC1OCCc2ccccc21. The highest BCUT2D eigenvalue weighted by Crippen LogP contribution is 2.26. The molecule has 2 aromatic carbocycles. The fourth-order valence-electron chi connectivity index (χ4n) is 2.91. The summed E-state index contributed by atoms with van der Waals surface area (Å²) in [4.78, 5) is 12.6. The Balaban J connectivity index is 1.67. The van der Waals surface area contributed by atoms with E-state index in [-0.39, 0.29) is 12.0 Å². The van der Waals surface area contributed by atoms with E-state index in [1.165, 1.54) is 5.56 Å². The number of amides is 1. The molecule has 3 rings (SSSR count). The molecule has 130 valence electrons. The highest BCUT2D eigenvalue weighted by Gasteiger charge is 2.21. The highest BCUT2D eigenvalue weighted by atomic mass is 16.5. The first-order chi connectivity index (χ1) is 12.1. The van der Waals surface area contributed by atoms with Gasteiger partial charge in [-0.3, -0.25) is 4.79 Å². The molecule has 1 aliphatic heterocycles. The summed E-state index contributed by atoms with van der Waals surface area (Å²) in [5.74, 6) is 0.400. The molecule has 0 saturated heterocycles. The molecular formula is C21H23NO3. The van der Waals surface area contributed by atoms with Crippen LogP contribution in [0.2, 0.25) is 0 Å². The summed E-state index contributed by atoms with van der Waals surface area (Å²) in [6.45, 7) is 7.21. The number of ether oxygens (including phenoxy) is 2. The van der Waals surface area contributed by atoms with Gasteiger partial charge in [0.25, 0.3) is 5.91 Å². The lowest BCUT2D eigenvalue weighted by atomic mass is 9.97. The molecule has 25 heavy (non-hydrogen) atoms. The van der Waals surface area contributed by atoms with Gasteiger partial charge in [-0.05, 0) is 42.2 Å². The van der Waals surface area contributed by atoms with E-state index in [2.05, 4.69) is 24.0 Å². The van der Waals surface area contributed by atoms with Gasteiger partial charge in [-0.15, -0.1) is 0 Å². The maximum Gasteiger partial charge on any atom is 0.255 e. The van der Waals surface area contributed by atoms with Crippen LogP contribution in [0, 0.1) is 0 Å². The van der Waals surface area contributed by atoms with E-state index in [0.717, 1.165) is 17.6 Å². The number of hydrogen-bond acceptors (Lipinski definition) is 3. The summed E-state index contributed by atoms with van der Waals surface area (Å²) in [5, 5.41) is 2.97. The van der Waals surface area contributed by atoms with Crippen molar-refractivity contribution in [2.24, 2.45) is 0 Å². The first-order valence-corrected chi connectivity index (χ1v) is 8.49. The van der Waals surface area contributed by atoms with Crippen molar-refractivity contribution in [3.05, 3.63) is 77.4 Å². The lowest BCUT2D eigenvalue weighted by Crippen LogP contribution is -2.32. The van der Waals surface area contributed by atoms with Crippen molar-refractivity contribution in [1.82, 2.24) is 5.32 Å². The van der Waals surface area contributed by atoms with Crippen LogP contribution >= 0.6 is 0 Å². The molecular weight excluding hydrogens is 314 g/mol. The van der Waals surface area contributed by atoms with Gasteiger partial charge in [-0.25, -0.2) is 0 Å². The summed E-state index contributed by atoms with van der Waals surface area (Å²) in [6.07, 6.45) is 0.801. The quantitative estimate of drug-likeness (QED) is 0.818. The summed E-state index contributed by atoms with van der Waals surface area (Å²) in [6, 6.07) is 15.5. The Bertz CT molecular complexity index is 769.